The number of halogens is 1. The molecule has 5 heteroatoms. The van der Waals surface area contributed by atoms with Gasteiger partial charge in [0.1, 0.15) is 0 Å². The van der Waals surface area contributed by atoms with Crippen molar-refractivity contribution in [3.8, 4) is 0 Å². The smallest absolute Gasteiger partial charge is 0.253 e. The number of anilines is 1. The van der Waals surface area contributed by atoms with Gasteiger partial charge in [0.05, 0.1) is 11.7 Å². The van der Waals surface area contributed by atoms with Crippen LogP contribution in [-0.2, 0) is 4.74 Å². The third-order valence-electron chi connectivity index (χ3n) is 4.03. The quantitative estimate of drug-likeness (QED) is 0.839. The lowest BCUT2D eigenvalue weighted by molar-refractivity contribution is -0.0942. The van der Waals surface area contributed by atoms with E-state index in [0.717, 1.165) is 10.9 Å². The lowest BCUT2D eigenvalue weighted by Crippen LogP contribution is -2.61. The van der Waals surface area contributed by atoms with Gasteiger partial charge in [-0.05, 0) is 24.6 Å². The highest BCUT2D eigenvalue weighted by Gasteiger charge is 2.49. The topological polar surface area (TPSA) is 64.3 Å². The predicted molar refractivity (Wildman–Crippen MR) is 79.0 cm³/mol. The fraction of sp³-hybridized carbons (Fsp3) is 0.500. The minimum absolute atomic E-state index is 0.0504. The molecule has 1 aromatic carbocycles. The Labute approximate surface area is 121 Å². The summed E-state index contributed by atoms with van der Waals surface area (Å²) in [6.45, 7) is 4.19. The number of amides is 1. The van der Waals surface area contributed by atoms with Crippen molar-refractivity contribution in [3.05, 3.63) is 28.2 Å². The van der Waals surface area contributed by atoms with Crippen molar-refractivity contribution in [1.29, 1.82) is 0 Å². The van der Waals surface area contributed by atoms with E-state index < -0.39 is 0 Å². The molecule has 2 rings (SSSR count). The normalized spacial score (nSPS) is 24.6. The fourth-order valence-corrected chi connectivity index (χ4v) is 2.85. The average molecular weight is 327 g/mol. The Morgan fingerprint density at radius 2 is 2.21 bits per heavy atom. The first-order chi connectivity index (χ1) is 8.86. The van der Waals surface area contributed by atoms with Crippen LogP contribution in [0.1, 0.15) is 30.6 Å². The Morgan fingerprint density at radius 1 is 1.53 bits per heavy atom. The Kier molecular flexibility index (Phi) is 3.87. The standard InChI is InChI=1S/C14H19BrN2O2/c1-14(2)11(7-12(14)19-3)17-13(18)9-6-8(15)4-5-10(9)16/h4-6,11-12H,7,16H2,1-3H3,(H,17,18). The number of nitrogens with one attached hydrogen (secondary N) is 1. The highest BCUT2D eigenvalue weighted by molar-refractivity contribution is 9.10. The third-order valence-corrected chi connectivity index (χ3v) is 4.52. The number of ether oxygens (including phenoxy) is 1. The van der Waals surface area contributed by atoms with E-state index >= 15 is 0 Å². The van der Waals surface area contributed by atoms with Crippen molar-refractivity contribution in [2.24, 2.45) is 5.41 Å². The molecule has 104 valence electrons. The SMILES string of the molecule is COC1CC(NC(=O)c2cc(Br)ccc2N)C1(C)C. The monoisotopic (exact) mass is 326 g/mol. The summed E-state index contributed by atoms with van der Waals surface area (Å²) in [5, 5.41) is 3.04. The molecular weight excluding hydrogens is 308 g/mol. The number of hydrogen-bond donors (Lipinski definition) is 2. The number of benzene rings is 1. The van der Waals surface area contributed by atoms with Crippen LogP contribution in [0, 0.1) is 5.41 Å². The molecule has 1 aromatic rings. The molecular formula is C14H19BrN2O2. The van der Waals surface area contributed by atoms with Crippen LogP contribution >= 0.6 is 15.9 Å². The fourth-order valence-electron chi connectivity index (χ4n) is 2.49. The van der Waals surface area contributed by atoms with Gasteiger partial charge in [0.15, 0.2) is 0 Å². The van der Waals surface area contributed by atoms with Crippen LogP contribution < -0.4 is 11.1 Å². The molecule has 0 spiro atoms. The van der Waals surface area contributed by atoms with Gasteiger partial charge in [0, 0.05) is 28.7 Å². The molecule has 0 heterocycles. The van der Waals surface area contributed by atoms with Crippen LogP contribution in [0.4, 0.5) is 5.69 Å². The van der Waals surface area contributed by atoms with E-state index in [1.54, 1.807) is 19.2 Å². The highest BCUT2D eigenvalue weighted by Crippen LogP contribution is 2.42. The molecule has 1 amide bonds. The number of nitrogens with two attached hydrogens (primary N) is 1. The second kappa shape index (κ2) is 5.13. The maximum Gasteiger partial charge on any atom is 0.253 e. The molecule has 2 unspecified atom stereocenters. The number of methoxy groups -OCH3 is 1. The summed E-state index contributed by atoms with van der Waals surface area (Å²) in [5.41, 5.74) is 6.78. The molecule has 0 saturated heterocycles. The summed E-state index contributed by atoms with van der Waals surface area (Å²) in [6, 6.07) is 5.40. The van der Waals surface area contributed by atoms with E-state index in [1.807, 2.05) is 6.07 Å². The van der Waals surface area contributed by atoms with Gasteiger partial charge in [0.25, 0.3) is 5.91 Å². The molecule has 1 saturated carbocycles. The summed E-state index contributed by atoms with van der Waals surface area (Å²) >= 11 is 3.35. The molecule has 0 radical (unpaired) electrons. The van der Waals surface area contributed by atoms with Crippen molar-refractivity contribution in [1.82, 2.24) is 5.32 Å². The van der Waals surface area contributed by atoms with Crippen molar-refractivity contribution in [2.45, 2.75) is 32.4 Å². The van der Waals surface area contributed by atoms with Crippen molar-refractivity contribution < 1.29 is 9.53 Å². The summed E-state index contributed by atoms with van der Waals surface area (Å²) < 4.78 is 6.22. The van der Waals surface area contributed by atoms with Gasteiger partial charge >= 0.3 is 0 Å². The van der Waals surface area contributed by atoms with E-state index in [9.17, 15) is 4.79 Å². The summed E-state index contributed by atoms with van der Waals surface area (Å²) in [7, 11) is 1.71. The van der Waals surface area contributed by atoms with Gasteiger partial charge in [-0.3, -0.25) is 4.79 Å². The molecule has 1 aliphatic carbocycles. The van der Waals surface area contributed by atoms with Gasteiger partial charge in [-0.2, -0.15) is 0 Å². The molecule has 1 fully saturated rings. The highest BCUT2D eigenvalue weighted by atomic mass is 79.9. The second-order valence-electron chi connectivity index (χ2n) is 5.54. The zero-order valence-electron chi connectivity index (χ0n) is 11.4. The maximum atomic E-state index is 12.3. The van der Waals surface area contributed by atoms with Crippen LogP contribution in [0.25, 0.3) is 0 Å². The molecule has 4 nitrogen and oxygen atoms in total. The second-order valence-corrected chi connectivity index (χ2v) is 6.45. The number of carbonyl (C=O) groups excluding carboxylic acids is 1. The number of hydrogen-bond acceptors (Lipinski definition) is 3. The van der Waals surface area contributed by atoms with Crippen LogP contribution in [0.15, 0.2) is 22.7 Å². The average Bonchev–Trinajstić information content (AvgIpc) is 2.36. The maximum absolute atomic E-state index is 12.3. The molecule has 0 bridgehead atoms. The Bertz CT molecular complexity index is 502. The zero-order valence-corrected chi connectivity index (χ0v) is 13.0. The van der Waals surface area contributed by atoms with Gasteiger partial charge < -0.3 is 15.8 Å². The first kappa shape index (κ1) is 14.3. The minimum atomic E-state index is -0.133. The van der Waals surface area contributed by atoms with Gasteiger partial charge in [0.2, 0.25) is 0 Å². The van der Waals surface area contributed by atoms with Crippen molar-refractivity contribution in [3.63, 3.8) is 0 Å². The van der Waals surface area contributed by atoms with Crippen LogP contribution in [0.2, 0.25) is 0 Å². The van der Waals surface area contributed by atoms with E-state index in [2.05, 4.69) is 35.1 Å². The first-order valence-electron chi connectivity index (χ1n) is 6.25. The number of carbonyl (C=O) groups is 1. The van der Waals surface area contributed by atoms with E-state index in [1.165, 1.54) is 0 Å². The minimum Gasteiger partial charge on any atom is -0.398 e. The van der Waals surface area contributed by atoms with E-state index in [-0.39, 0.29) is 23.5 Å². The molecule has 0 aromatic heterocycles. The molecule has 1 aliphatic rings. The van der Waals surface area contributed by atoms with Crippen LogP contribution in [-0.4, -0.2) is 25.2 Å². The largest absolute Gasteiger partial charge is 0.398 e. The summed E-state index contributed by atoms with van der Waals surface area (Å²) in [4.78, 5) is 12.3. The number of rotatable bonds is 3. The van der Waals surface area contributed by atoms with Gasteiger partial charge in [-0.1, -0.05) is 29.8 Å². The van der Waals surface area contributed by atoms with Crippen molar-refractivity contribution >= 4 is 27.5 Å². The van der Waals surface area contributed by atoms with Crippen molar-refractivity contribution in [2.75, 3.05) is 12.8 Å². The van der Waals surface area contributed by atoms with E-state index in [4.69, 9.17) is 10.5 Å². The van der Waals surface area contributed by atoms with Crippen LogP contribution in [0.3, 0.4) is 0 Å². The molecule has 3 N–H and O–H groups in total. The third kappa shape index (κ3) is 2.62. The van der Waals surface area contributed by atoms with Gasteiger partial charge in [-0.25, -0.2) is 0 Å². The molecule has 0 aliphatic heterocycles. The summed E-state index contributed by atoms with van der Waals surface area (Å²) in [5.74, 6) is -0.133. The Hall–Kier alpha value is -1.07. The zero-order chi connectivity index (χ0) is 14.2. The Morgan fingerprint density at radius 3 is 2.79 bits per heavy atom. The molecule has 19 heavy (non-hydrogen) atoms. The summed E-state index contributed by atoms with van der Waals surface area (Å²) in [6.07, 6.45) is 1.03. The van der Waals surface area contributed by atoms with Gasteiger partial charge in [-0.15, -0.1) is 0 Å². The Balaban J connectivity index is 2.09. The van der Waals surface area contributed by atoms with Crippen LogP contribution in [0.5, 0.6) is 0 Å². The van der Waals surface area contributed by atoms with E-state index in [0.29, 0.717) is 11.3 Å². The predicted octanol–water partition coefficient (Wildman–Crippen LogP) is 2.57. The lowest BCUT2D eigenvalue weighted by atomic mass is 9.64. The first-order valence-corrected chi connectivity index (χ1v) is 7.04. The molecule has 2 atom stereocenters. The number of nitrogen functional groups attached to an aromatic ring is 1. The lowest BCUT2D eigenvalue weighted by Gasteiger charge is -2.51.